The minimum Gasteiger partial charge on any atom is -0.351 e. The summed E-state index contributed by atoms with van der Waals surface area (Å²) in [7, 11) is 0. The van der Waals surface area contributed by atoms with E-state index in [1.165, 1.54) is 0 Å². The highest BCUT2D eigenvalue weighted by atomic mass is 35.5. The number of para-hydroxylation sites is 1. The molecule has 0 saturated carbocycles. The molecule has 0 radical (unpaired) electrons. The Balaban J connectivity index is 0.00000280. The van der Waals surface area contributed by atoms with Gasteiger partial charge >= 0.3 is 0 Å². The van der Waals surface area contributed by atoms with Crippen LogP contribution in [0.15, 0.2) is 66.0 Å². The molecule has 37 heavy (non-hydrogen) atoms. The van der Waals surface area contributed by atoms with Crippen molar-refractivity contribution in [2.45, 2.75) is 0 Å². The van der Waals surface area contributed by atoms with Crippen LogP contribution in [-0.4, -0.2) is 60.0 Å². The SMILES string of the molecule is Cl.O=C(NCCN1CCN(c2nc3ccc(Cl)cc3s2)CC1)c1cc(-c2cccs2)nc2ccccc12. The Labute approximate surface area is 234 Å². The third-order valence-corrected chi connectivity index (χ3v) is 8.64. The van der Waals surface area contributed by atoms with E-state index in [0.717, 1.165) is 74.6 Å². The van der Waals surface area contributed by atoms with E-state index in [0.29, 0.717) is 12.1 Å². The van der Waals surface area contributed by atoms with Crippen molar-refractivity contribution in [1.82, 2.24) is 20.2 Å². The number of hydrogen-bond donors (Lipinski definition) is 1. The van der Waals surface area contributed by atoms with Gasteiger partial charge in [-0.3, -0.25) is 9.69 Å². The van der Waals surface area contributed by atoms with Crippen LogP contribution in [0.3, 0.4) is 0 Å². The molecule has 0 bridgehead atoms. The zero-order valence-corrected chi connectivity index (χ0v) is 23.1. The Morgan fingerprint density at radius 2 is 1.81 bits per heavy atom. The number of carbonyl (C=O) groups excluding carboxylic acids is 1. The standard InChI is InChI=1S/C27H24ClN5OS2.ClH/c28-18-7-8-22-25(16-18)36-27(31-22)33-13-11-32(12-14-33)10-9-29-26(34)20-17-23(24-6-3-15-35-24)30-21-5-2-1-4-19(20)21;/h1-8,15-17H,9-14H2,(H,29,34);1H. The number of amides is 1. The molecule has 3 aromatic heterocycles. The molecule has 0 aliphatic carbocycles. The van der Waals surface area contributed by atoms with Gasteiger partial charge in [0.1, 0.15) is 0 Å². The number of carbonyl (C=O) groups is 1. The van der Waals surface area contributed by atoms with Crippen molar-refractivity contribution in [3.63, 3.8) is 0 Å². The van der Waals surface area contributed by atoms with Gasteiger partial charge in [0.05, 0.1) is 31.9 Å². The topological polar surface area (TPSA) is 61.4 Å². The van der Waals surface area contributed by atoms with Crippen molar-refractivity contribution in [1.29, 1.82) is 0 Å². The monoisotopic (exact) mass is 569 g/mol. The van der Waals surface area contributed by atoms with Crippen molar-refractivity contribution in [3.8, 4) is 10.6 Å². The first kappa shape index (κ1) is 25.9. The van der Waals surface area contributed by atoms with E-state index in [1.807, 2.05) is 66.0 Å². The van der Waals surface area contributed by atoms with E-state index < -0.39 is 0 Å². The second kappa shape index (κ2) is 11.3. The van der Waals surface area contributed by atoms with E-state index in [9.17, 15) is 4.79 Å². The lowest BCUT2D eigenvalue weighted by Crippen LogP contribution is -2.48. The molecule has 10 heteroatoms. The summed E-state index contributed by atoms with van der Waals surface area (Å²) in [5.74, 6) is -0.0572. The van der Waals surface area contributed by atoms with Crippen molar-refractivity contribution in [2.24, 2.45) is 0 Å². The molecule has 1 N–H and O–H groups in total. The van der Waals surface area contributed by atoms with E-state index in [2.05, 4.69) is 15.1 Å². The van der Waals surface area contributed by atoms with E-state index >= 15 is 0 Å². The fraction of sp³-hybridized carbons (Fsp3) is 0.222. The number of nitrogens with one attached hydrogen (secondary N) is 1. The Hall–Kier alpha value is -2.75. The average Bonchev–Trinajstić information content (AvgIpc) is 3.59. The van der Waals surface area contributed by atoms with Gasteiger partial charge in [0.2, 0.25) is 0 Å². The van der Waals surface area contributed by atoms with Crippen LogP contribution in [-0.2, 0) is 0 Å². The normalized spacial score (nSPS) is 14.1. The number of halogens is 2. The fourth-order valence-electron chi connectivity index (χ4n) is 4.52. The molecule has 0 spiro atoms. The molecule has 1 aliphatic heterocycles. The van der Waals surface area contributed by atoms with Gasteiger partial charge in [-0.05, 0) is 41.8 Å². The number of aromatic nitrogens is 2. The molecule has 0 unspecified atom stereocenters. The second-order valence-electron chi connectivity index (χ2n) is 8.74. The van der Waals surface area contributed by atoms with Gasteiger partial charge in [0, 0.05) is 49.7 Å². The van der Waals surface area contributed by atoms with Crippen LogP contribution in [0.4, 0.5) is 5.13 Å². The number of thiazole rings is 1. The van der Waals surface area contributed by atoms with Gasteiger partial charge in [0.15, 0.2) is 5.13 Å². The van der Waals surface area contributed by atoms with Gasteiger partial charge in [-0.2, -0.15) is 0 Å². The lowest BCUT2D eigenvalue weighted by Gasteiger charge is -2.34. The maximum atomic E-state index is 13.2. The summed E-state index contributed by atoms with van der Waals surface area (Å²) in [6.45, 7) is 5.13. The third-order valence-electron chi connectivity index (χ3n) is 6.43. The molecule has 2 aromatic carbocycles. The number of hydrogen-bond acceptors (Lipinski definition) is 7. The lowest BCUT2D eigenvalue weighted by molar-refractivity contribution is 0.0949. The van der Waals surface area contributed by atoms with Crippen LogP contribution < -0.4 is 10.2 Å². The number of piperazine rings is 1. The van der Waals surface area contributed by atoms with Gasteiger partial charge in [0.25, 0.3) is 5.91 Å². The first-order chi connectivity index (χ1) is 17.6. The Kier molecular flexibility index (Phi) is 7.92. The Morgan fingerprint density at radius 3 is 2.62 bits per heavy atom. The predicted octanol–water partition coefficient (Wildman–Crippen LogP) is 6.20. The minimum absolute atomic E-state index is 0. The van der Waals surface area contributed by atoms with Gasteiger partial charge in [-0.15, -0.1) is 23.7 Å². The lowest BCUT2D eigenvalue weighted by atomic mass is 10.1. The van der Waals surface area contributed by atoms with Crippen molar-refractivity contribution in [3.05, 3.63) is 76.6 Å². The Morgan fingerprint density at radius 1 is 0.973 bits per heavy atom. The maximum absolute atomic E-state index is 13.2. The molecular formula is C27H25Cl2N5OS2. The highest BCUT2D eigenvalue weighted by Crippen LogP contribution is 2.31. The van der Waals surface area contributed by atoms with Gasteiger partial charge in [-0.25, -0.2) is 9.97 Å². The smallest absolute Gasteiger partial charge is 0.252 e. The number of fused-ring (bicyclic) bond motifs is 2. The van der Waals surface area contributed by atoms with Crippen LogP contribution in [0.25, 0.3) is 31.7 Å². The van der Waals surface area contributed by atoms with E-state index in [4.69, 9.17) is 21.6 Å². The van der Waals surface area contributed by atoms with Gasteiger partial charge in [-0.1, -0.05) is 47.2 Å². The van der Waals surface area contributed by atoms with Crippen molar-refractivity contribution in [2.75, 3.05) is 44.2 Å². The maximum Gasteiger partial charge on any atom is 0.252 e. The van der Waals surface area contributed by atoms with Crippen LogP contribution in [0.2, 0.25) is 5.02 Å². The predicted molar refractivity (Wildman–Crippen MR) is 158 cm³/mol. The first-order valence-electron chi connectivity index (χ1n) is 11.9. The molecule has 6 rings (SSSR count). The molecule has 6 nitrogen and oxygen atoms in total. The third kappa shape index (κ3) is 5.58. The number of rotatable bonds is 6. The summed E-state index contributed by atoms with van der Waals surface area (Å²) in [5.41, 5.74) is 3.34. The molecule has 1 saturated heterocycles. The second-order valence-corrected chi connectivity index (χ2v) is 11.1. The summed E-state index contributed by atoms with van der Waals surface area (Å²) >= 11 is 9.45. The molecule has 190 valence electrons. The largest absolute Gasteiger partial charge is 0.351 e. The van der Waals surface area contributed by atoms with Crippen LogP contribution in [0.1, 0.15) is 10.4 Å². The highest BCUT2D eigenvalue weighted by Gasteiger charge is 2.20. The minimum atomic E-state index is -0.0572. The van der Waals surface area contributed by atoms with Crippen LogP contribution in [0, 0.1) is 0 Å². The van der Waals surface area contributed by atoms with E-state index in [-0.39, 0.29) is 18.3 Å². The molecule has 5 aromatic rings. The number of benzene rings is 2. The summed E-state index contributed by atoms with van der Waals surface area (Å²) in [6.07, 6.45) is 0. The summed E-state index contributed by atoms with van der Waals surface area (Å²) < 4.78 is 1.12. The Bertz CT molecular complexity index is 1530. The number of nitrogens with zero attached hydrogens (tertiary/aromatic N) is 4. The highest BCUT2D eigenvalue weighted by molar-refractivity contribution is 7.22. The van der Waals surface area contributed by atoms with E-state index in [1.54, 1.807) is 22.7 Å². The number of thiophene rings is 1. The molecule has 0 atom stereocenters. The summed E-state index contributed by atoms with van der Waals surface area (Å²) in [5, 5.41) is 7.83. The van der Waals surface area contributed by atoms with Crippen molar-refractivity contribution >= 4 is 78.8 Å². The zero-order valence-electron chi connectivity index (χ0n) is 19.9. The number of pyridine rings is 1. The molecular weight excluding hydrogens is 545 g/mol. The first-order valence-corrected chi connectivity index (χ1v) is 14.0. The van der Waals surface area contributed by atoms with Crippen molar-refractivity contribution < 1.29 is 4.79 Å². The number of anilines is 1. The molecule has 1 amide bonds. The molecule has 1 aliphatic rings. The van der Waals surface area contributed by atoms with Gasteiger partial charge < -0.3 is 10.2 Å². The fourth-order valence-corrected chi connectivity index (χ4v) is 6.50. The quantitative estimate of drug-likeness (QED) is 0.264. The average molecular weight is 571 g/mol. The molecule has 1 fully saturated rings. The zero-order chi connectivity index (χ0) is 24.5. The molecule has 4 heterocycles. The summed E-state index contributed by atoms with van der Waals surface area (Å²) in [4.78, 5) is 28.5. The summed E-state index contributed by atoms with van der Waals surface area (Å²) in [6, 6.07) is 19.6. The van der Waals surface area contributed by atoms with Crippen LogP contribution in [0.5, 0.6) is 0 Å². The van der Waals surface area contributed by atoms with Crippen LogP contribution >= 0.6 is 46.7 Å².